The predicted octanol–water partition coefficient (Wildman–Crippen LogP) is 3.31. The van der Waals surface area contributed by atoms with E-state index in [9.17, 15) is 24.5 Å². The SMILES string of the molecule is CC(=O)Nc1ccc(NC(=O)c2nn(-c3ccccc3[N+](=O)[O-])c(C)cc2=O)c(Cl)c1. The minimum atomic E-state index is -0.841. The lowest BCUT2D eigenvalue weighted by Crippen LogP contribution is -2.27. The van der Waals surface area contributed by atoms with Crippen LogP contribution in [0.25, 0.3) is 5.69 Å². The summed E-state index contributed by atoms with van der Waals surface area (Å²) in [5, 5.41) is 20.6. The smallest absolute Gasteiger partial charge is 0.294 e. The maximum atomic E-state index is 12.7. The predicted molar refractivity (Wildman–Crippen MR) is 115 cm³/mol. The van der Waals surface area contributed by atoms with Crippen LogP contribution >= 0.6 is 11.6 Å². The van der Waals surface area contributed by atoms with E-state index in [1.807, 2.05) is 0 Å². The summed E-state index contributed by atoms with van der Waals surface area (Å²) < 4.78 is 1.16. The second-order valence-electron chi connectivity index (χ2n) is 6.49. The molecule has 0 saturated carbocycles. The Bertz CT molecular complexity index is 1270. The van der Waals surface area contributed by atoms with Gasteiger partial charge < -0.3 is 10.6 Å². The molecule has 0 saturated heterocycles. The highest BCUT2D eigenvalue weighted by Crippen LogP contribution is 2.26. The zero-order valence-corrected chi connectivity index (χ0v) is 17.1. The summed E-state index contributed by atoms with van der Waals surface area (Å²) in [5.41, 5.74) is -0.306. The van der Waals surface area contributed by atoms with Crippen LogP contribution in [-0.2, 0) is 4.79 Å². The molecule has 0 bridgehead atoms. The van der Waals surface area contributed by atoms with Crippen molar-refractivity contribution in [3.8, 4) is 5.69 Å². The molecule has 2 N–H and O–H groups in total. The first-order valence-electron chi connectivity index (χ1n) is 8.90. The second kappa shape index (κ2) is 8.76. The Morgan fingerprint density at radius 3 is 2.48 bits per heavy atom. The van der Waals surface area contributed by atoms with Gasteiger partial charge in [0, 0.05) is 30.4 Å². The van der Waals surface area contributed by atoms with Crippen molar-refractivity contribution < 1.29 is 14.5 Å². The van der Waals surface area contributed by atoms with E-state index in [4.69, 9.17) is 11.6 Å². The molecule has 11 heteroatoms. The minimum absolute atomic E-state index is 0.108. The van der Waals surface area contributed by atoms with E-state index in [0.717, 1.165) is 4.68 Å². The van der Waals surface area contributed by atoms with Crippen LogP contribution in [0.3, 0.4) is 0 Å². The van der Waals surface area contributed by atoms with Crippen molar-refractivity contribution in [3.05, 3.63) is 85.3 Å². The highest BCUT2D eigenvalue weighted by atomic mass is 35.5. The Morgan fingerprint density at radius 1 is 1.13 bits per heavy atom. The van der Waals surface area contributed by atoms with Crippen LogP contribution in [0.4, 0.5) is 17.1 Å². The average Bonchev–Trinajstić information content (AvgIpc) is 2.69. The van der Waals surface area contributed by atoms with E-state index in [2.05, 4.69) is 15.7 Å². The largest absolute Gasteiger partial charge is 0.326 e. The molecule has 0 radical (unpaired) electrons. The number of nitrogens with one attached hydrogen (secondary N) is 2. The number of hydrogen-bond acceptors (Lipinski definition) is 6. The number of carbonyl (C=O) groups is 2. The quantitative estimate of drug-likeness (QED) is 0.460. The standard InChI is InChI=1S/C20H16ClN5O5/c1-11-9-18(28)19(24-25(11)16-5-3-4-6-17(16)26(30)31)20(29)23-15-8-7-13(10-14(15)21)22-12(2)27/h3-10H,1-2H3,(H,22,27)(H,23,29). The lowest BCUT2D eigenvalue weighted by Gasteiger charge is -2.12. The van der Waals surface area contributed by atoms with E-state index in [1.165, 1.54) is 49.4 Å². The monoisotopic (exact) mass is 441 g/mol. The van der Waals surface area contributed by atoms with Crippen LogP contribution in [0.1, 0.15) is 23.1 Å². The molecule has 3 rings (SSSR count). The molecular formula is C20H16ClN5O5. The molecule has 1 aromatic heterocycles. The molecule has 2 aromatic carbocycles. The van der Waals surface area contributed by atoms with Gasteiger partial charge in [-0.3, -0.25) is 24.5 Å². The molecule has 10 nitrogen and oxygen atoms in total. The van der Waals surface area contributed by atoms with Gasteiger partial charge in [-0.15, -0.1) is 0 Å². The highest BCUT2D eigenvalue weighted by Gasteiger charge is 2.20. The van der Waals surface area contributed by atoms with Gasteiger partial charge in [0.05, 0.1) is 15.6 Å². The number of carbonyl (C=O) groups excluding carboxylic acids is 2. The van der Waals surface area contributed by atoms with E-state index >= 15 is 0 Å². The normalized spacial score (nSPS) is 10.4. The van der Waals surface area contributed by atoms with Crippen LogP contribution in [0.15, 0.2) is 53.3 Å². The molecule has 1 heterocycles. The van der Waals surface area contributed by atoms with E-state index in [1.54, 1.807) is 13.0 Å². The van der Waals surface area contributed by atoms with Gasteiger partial charge in [0.2, 0.25) is 11.3 Å². The van der Waals surface area contributed by atoms with Crippen LogP contribution in [0, 0.1) is 17.0 Å². The molecule has 0 atom stereocenters. The fraction of sp³-hybridized carbons (Fsp3) is 0.100. The Hall–Kier alpha value is -4.05. The van der Waals surface area contributed by atoms with Gasteiger partial charge in [-0.05, 0) is 31.2 Å². The summed E-state index contributed by atoms with van der Waals surface area (Å²) in [6.07, 6.45) is 0. The van der Waals surface area contributed by atoms with Gasteiger partial charge in [-0.1, -0.05) is 23.7 Å². The van der Waals surface area contributed by atoms with Crippen molar-refractivity contribution in [1.29, 1.82) is 0 Å². The maximum Gasteiger partial charge on any atom is 0.294 e. The summed E-state index contributed by atoms with van der Waals surface area (Å²) in [7, 11) is 0. The molecular weight excluding hydrogens is 426 g/mol. The molecule has 0 aliphatic heterocycles. The summed E-state index contributed by atoms with van der Waals surface area (Å²) in [6, 6.07) is 11.4. The number of benzene rings is 2. The lowest BCUT2D eigenvalue weighted by molar-refractivity contribution is -0.384. The molecule has 31 heavy (non-hydrogen) atoms. The van der Waals surface area contributed by atoms with E-state index in [0.29, 0.717) is 11.4 Å². The van der Waals surface area contributed by atoms with Gasteiger partial charge in [0.1, 0.15) is 5.69 Å². The Balaban J connectivity index is 1.98. The first-order valence-corrected chi connectivity index (χ1v) is 9.28. The third-order valence-electron chi connectivity index (χ3n) is 4.17. The molecule has 3 aromatic rings. The molecule has 0 aliphatic carbocycles. The summed E-state index contributed by atoms with van der Waals surface area (Å²) >= 11 is 6.15. The third-order valence-corrected chi connectivity index (χ3v) is 4.48. The van der Waals surface area contributed by atoms with Crippen molar-refractivity contribution in [2.45, 2.75) is 13.8 Å². The van der Waals surface area contributed by atoms with Crippen LogP contribution < -0.4 is 16.1 Å². The summed E-state index contributed by atoms with van der Waals surface area (Å²) in [4.78, 5) is 47.0. The number of nitro groups is 1. The number of amides is 2. The maximum absolute atomic E-state index is 12.7. The number of hydrogen-bond donors (Lipinski definition) is 2. The summed E-state index contributed by atoms with van der Waals surface area (Å²) in [5.74, 6) is -1.13. The van der Waals surface area contributed by atoms with Gasteiger partial charge in [-0.2, -0.15) is 5.10 Å². The van der Waals surface area contributed by atoms with Gasteiger partial charge in [0.15, 0.2) is 5.69 Å². The van der Waals surface area contributed by atoms with Crippen molar-refractivity contribution in [1.82, 2.24) is 9.78 Å². The fourth-order valence-corrected chi connectivity index (χ4v) is 3.05. The van der Waals surface area contributed by atoms with Gasteiger partial charge >= 0.3 is 0 Å². The Morgan fingerprint density at radius 2 is 1.84 bits per heavy atom. The topological polar surface area (TPSA) is 136 Å². The van der Waals surface area contributed by atoms with Crippen LogP contribution in [-0.4, -0.2) is 26.5 Å². The fourth-order valence-electron chi connectivity index (χ4n) is 2.83. The number of aryl methyl sites for hydroxylation is 1. The van der Waals surface area contributed by atoms with Crippen molar-refractivity contribution in [3.63, 3.8) is 0 Å². The van der Waals surface area contributed by atoms with E-state index in [-0.39, 0.29) is 28.0 Å². The first-order chi connectivity index (χ1) is 14.7. The highest BCUT2D eigenvalue weighted by molar-refractivity contribution is 6.34. The molecule has 0 unspecified atom stereocenters. The molecule has 0 spiro atoms. The molecule has 0 aliphatic rings. The number of para-hydroxylation sites is 2. The van der Waals surface area contributed by atoms with Crippen LogP contribution in [0.2, 0.25) is 5.02 Å². The zero-order valence-electron chi connectivity index (χ0n) is 16.4. The van der Waals surface area contributed by atoms with Crippen LogP contribution in [0.5, 0.6) is 0 Å². The number of rotatable bonds is 5. The molecule has 0 fully saturated rings. The number of aromatic nitrogens is 2. The third kappa shape index (κ3) is 4.75. The minimum Gasteiger partial charge on any atom is -0.326 e. The number of nitrogens with zero attached hydrogens (tertiary/aromatic N) is 3. The Labute approximate surface area is 180 Å². The molecule has 158 valence electrons. The lowest BCUT2D eigenvalue weighted by atomic mass is 10.2. The Kier molecular flexibility index (Phi) is 6.12. The number of nitro benzene ring substituents is 1. The van der Waals surface area contributed by atoms with Crippen molar-refractivity contribution in [2.24, 2.45) is 0 Å². The van der Waals surface area contributed by atoms with E-state index < -0.39 is 22.0 Å². The second-order valence-corrected chi connectivity index (χ2v) is 6.89. The summed E-state index contributed by atoms with van der Waals surface area (Å²) in [6.45, 7) is 2.89. The molecule has 2 amide bonds. The van der Waals surface area contributed by atoms with Crippen molar-refractivity contribution in [2.75, 3.05) is 10.6 Å². The van der Waals surface area contributed by atoms with Crippen molar-refractivity contribution >= 4 is 40.5 Å². The number of anilines is 2. The number of halogens is 1. The van der Waals surface area contributed by atoms with Gasteiger partial charge in [0.25, 0.3) is 11.6 Å². The zero-order chi connectivity index (χ0) is 22.7. The first kappa shape index (κ1) is 21.7. The average molecular weight is 442 g/mol. The van der Waals surface area contributed by atoms with Gasteiger partial charge in [-0.25, -0.2) is 4.68 Å².